The molecule has 0 aliphatic carbocycles. The summed E-state index contributed by atoms with van der Waals surface area (Å²) in [6, 6.07) is 21.5. The monoisotopic (exact) mass is 448 g/mol. The van der Waals surface area contributed by atoms with Crippen molar-refractivity contribution in [2.45, 2.75) is 37.3 Å². The predicted octanol–water partition coefficient (Wildman–Crippen LogP) is 3.93. The second-order valence-corrected chi connectivity index (χ2v) is 10.2. The molecule has 0 bridgehead atoms. The van der Waals surface area contributed by atoms with E-state index in [1.165, 1.54) is 4.31 Å². The summed E-state index contributed by atoms with van der Waals surface area (Å²) in [5, 5.41) is 0. The fraction of sp³-hybridized carbons (Fsp3) is 0.240. The van der Waals surface area contributed by atoms with Gasteiger partial charge in [0, 0.05) is 11.7 Å². The highest BCUT2D eigenvalue weighted by Crippen LogP contribution is 2.39. The number of nitrogens with zero attached hydrogens (tertiary/aromatic N) is 2. The van der Waals surface area contributed by atoms with Crippen molar-refractivity contribution in [3.05, 3.63) is 83.9 Å². The summed E-state index contributed by atoms with van der Waals surface area (Å²) in [6.45, 7) is 3.82. The molecule has 0 saturated heterocycles. The molecule has 7 heteroatoms. The molecule has 0 spiro atoms. The number of carbonyl (C=O) groups is 1. The molecule has 3 aromatic rings. The smallest absolute Gasteiger partial charge is 0.270 e. The average molecular weight is 449 g/mol. The lowest BCUT2D eigenvalue weighted by atomic mass is 10.1. The number of anilines is 2. The van der Waals surface area contributed by atoms with E-state index in [1.54, 1.807) is 53.4 Å². The Morgan fingerprint density at radius 3 is 2.34 bits per heavy atom. The average Bonchev–Trinajstić information content (AvgIpc) is 3.13. The van der Waals surface area contributed by atoms with Crippen molar-refractivity contribution >= 4 is 27.3 Å². The van der Waals surface area contributed by atoms with Crippen molar-refractivity contribution in [2.75, 3.05) is 15.7 Å². The van der Waals surface area contributed by atoms with Crippen LogP contribution in [0.15, 0.2) is 77.7 Å². The summed E-state index contributed by atoms with van der Waals surface area (Å²) in [6.07, 6.45) is -0.185. The number of carbonyl (C=O) groups excluding carboxylic acids is 1. The van der Waals surface area contributed by atoms with E-state index in [0.717, 1.165) is 23.2 Å². The molecule has 32 heavy (non-hydrogen) atoms. The Kier molecular flexibility index (Phi) is 4.93. The summed E-state index contributed by atoms with van der Waals surface area (Å²) in [7, 11) is -3.87. The molecule has 2 atom stereocenters. The molecule has 2 aliphatic rings. The third-order valence-electron chi connectivity index (χ3n) is 6.06. The molecular weight excluding hydrogens is 424 g/mol. The standard InChI is InChI=1S/C25H24N2O4S/c1-17-11-13-20(14-12-17)32(29,30)26-16-24(31-23-10-6-5-9-22(23)26)25(28)27-18(2)15-19-7-3-4-8-21(19)27/h3-14,18,24H,15-16H2,1-2H3/t18-,24-/m1/s1. The Balaban J connectivity index is 1.53. The van der Waals surface area contributed by atoms with Gasteiger partial charge in [0.1, 0.15) is 5.75 Å². The van der Waals surface area contributed by atoms with Crippen molar-refractivity contribution in [2.24, 2.45) is 0 Å². The zero-order valence-corrected chi connectivity index (χ0v) is 18.7. The molecule has 1 amide bonds. The number of fused-ring (bicyclic) bond motifs is 2. The van der Waals surface area contributed by atoms with Crippen LogP contribution in [0, 0.1) is 6.92 Å². The topological polar surface area (TPSA) is 66.9 Å². The fourth-order valence-electron chi connectivity index (χ4n) is 4.45. The van der Waals surface area contributed by atoms with E-state index in [4.69, 9.17) is 4.74 Å². The van der Waals surface area contributed by atoms with E-state index in [0.29, 0.717) is 11.4 Å². The van der Waals surface area contributed by atoms with E-state index in [1.807, 2.05) is 38.1 Å². The molecule has 164 valence electrons. The number of sulfonamides is 1. The van der Waals surface area contributed by atoms with Gasteiger partial charge in [0.15, 0.2) is 6.10 Å². The van der Waals surface area contributed by atoms with Crippen LogP contribution in [0.5, 0.6) is 5.75 Å². The van der Waals surface area contributed by atoms with Crippen LogP contribution >= 0.6 is 0 Å². The molecule has 0 saturated carbocycles. The minimum Gasteiger partial charge on any atom is -0.476 e. The maximum atomic E-state index is 13.6. The summed E-state index contributed by atoms with van der Waals surface area (Å²) in [5.41, 5.74) is 3.38. The van der Waals surface area contributed by atoms with Gasteiger partial charge in [0.05, 0.1) is 17.1 Å². The van der Waals surface area contributed by atoms with E-state index in [9.17, 15) is 13.2 Å². The summed E-state index contributed by atoms with van der Waals surface area (Å²) < 4.78 is 34.5. The Morgan fingerprint density at radius 2 is 1.59 bits per heavy atom. The largest absolute Gasteiger partial charge is 0.476 e. The fourth-order valence-corrected chi connectivity index (χ4v) is 5.93. The first kappa shape index (κ1) is 20.6. The van der Waals surface area contributed by atoms with Gasteiger partial charge in [-0.2, -0.15) is 0 Å². The highest BCUT2D eigenvalue weighted by Gasteiger charge is 2.42. The molecular formula is C25H24N2O4S. The van der Waals surface area contributed by atoms with Crippen molar-refractivity contribution in [1.29, 1.82) is 0 Å². The lowest BCUT2D eigenvalue weighted by Crippen LogP contribution is -2.53. The van der Waals surface area contributed by atoms with E-state index < -0.39 is 16.1 Å². The van der Waals surface area contributed by atoms with E-state index >= 15 is 0 Å². The third kappa shape index (κ3) is 3.33. The van der Waals surface area contributed by atoms with Crippen LogP contribution in [-0.2, 0) is 21.2 Å². The third-order valence-corrected chi connectivity index (χ3v) is 7.86. The highest BCUT2D eigenvalue weighted by molar-refractivity contribution is 7.92. The first-order valence-corrected chi connectivity index (χ1v) is 12.1. The van der Waals surface area contributed by atoms with Crippen molar-refractivity contribution in [3.63, 3.8) is 0 Å². The quantitative estimate of drug-likeness (QED) is 0.609. The number of benzene rings is 3. The molecule has 2 heterocycles. The predicted molar refractivity (Wildman–Crippen MR) is 124 cm³/mol. The SMILES string of the molecule is Cc1ccc(S(=O)(=O)N2C[C@H](C(=O)N3c4ccccc4C[C@H]3C)Oc3ccccc32)cc1. The molecule has 0 unspecified atom stereocenters. The second kappa shape index (κ2) is 7.67. The van der Waals surface area contributed by atoms with Crippen LogP contribution in [-0.4, -0.2) is 33.0 Å². The number of aryl methyl sites for hydroxylation is 1. The number of amides is 1. The number of hydrogen-bond donors (Lipinski definition) is 0. The normalized spacial score (nSPS) is 19.8. The number of rotatable bonds is 3. The number of hydrogen-bond acceptors (Lipinski definition) is 4. The van der Waals surface area contributed by atoms with Gasteiger partial charge in [-0.05, 0) is 56.2 Å². The van der Waals surface area contributed by atoms with Crippen LogP contribution in [0.3, 0.4) is 0 Å². The maximum Gasteiger partial charge on any atom is 0.270 e. The van der Waals surface area contributed by atoms with Crippen molar-refractivity contribution in [3.8, 4) is 5.75 Å². The number of ether oxygens (including phenoxy) is 1. The maximum absolute atomic E-state index is 13.6. The lowest BCUT2D eigenvalue weighted by molar-refractivity contribution is -0.125. The van der Waals surface area contributed by atoms with Crippen LogP contribution in [0.1, 0.15) is 18.1 Å². The molecule has 6 nitrogen and oxygen atoms in total. The van der Waals surface area contributed by atoms with Gasteiger partial charge < -0.3 is 9.64 Å². The summed E-state index contributed by atoms with van der Waals surface area (Å²) >= 11 is 0. The van der Waals surface area contributed by atoms with Gasteiger partial charge in [-0.25, -0.2) is 8.42 Å². The molecule has 5 rings (SSSR count). The first-order chi connectivity index (χ1) is 15.4. The molecule has 0 N–H and O–H groups in total. The van der Waals surface area contributed by atoms with Gasteiger partial charge in [-0.1, -0.05) is 48.0 Å². The first-order valence-electron chi connectivity index (χ1n) is 10.6. The Labute approximate surface area is 188 Å². The highest BCUT2D eigenvalue weighted by atomic mass is 32.2. The van der Waals surface area contributed by atoms with Gasteiger partial charge in [0.25, 0.3) is 15.9 Å². The van der Waals surface area contributed by atoms with Gasteiger partial charge in [0.2, 0.25) is 0 Å². The molecule has 0 fully saturated rings. The van der Waals surface area contributed by atoms with Crippen molar-refractivity contribution in [1.82, 2.24) is 0 Å². The minimum absolute atomic E-state index is 0.0252. The van der Waals surface area contributed by atoms with E-state index in [-0.39, 0.29) is 23.4 Å². The number of para-hydroxylation sites is 3. The Bertz CT molecular complexity index is 1290. The molecule has 3 aromatic carbocycles. The summed E-state index contributed by atoms with van der Waals surface area (Å²) in [5.74, 6) is 0.147. The molecule has 0 radical (unpaired) electrons. The van der Waals surface area contributed by atoms with E-state index in [2.05, 4.69) is 0 Å². The molecule has 2 aliphatic heterocycles. The van der Waals surface area contributed by atoms with Crippen LogP contribution < -0.4 is 13.9 Å². The van der Waals surface area contributed by atoms with Gasteiger partial charge in [-0.3, -0.25) is 9.10 Å². The van der Waals surface area contributed by atoms with Gasteiger partial charge >= 0.3 is 0 Å². The summed E-state index contributed by atoms with van der Waals surface area (Å²) in [4.78, 5) is 15.5. The molecule has 0 aromatic heterocycles. The van der Waals surface area contributed by atoms with Crippen LogP contribution in [0.25, 0.3) is 0 Å². The minimum atomic E-state index is -3.87. The zero-order chi connectivity index (χ0) is 22.5. The van der Waals surface area contributed by atoms with Gasteiger partial charge in [-0.15, -0.1) is 0 Å². The Morgan fingerprint density at radius 1 is 0.938 bits per heavy atom. The van der Waals surface area contributed by atoms with Crippen LogP contribution in [0.2, 0.25) is 0 Å². The zero-order valence-electron chi connectivity index (χ0n) is 17.9. The van der Waals surface area contributed by atoms with Crippen molar-refractivity contribution < 1.29 is 17.9 Å². The lowest BCUT2D eigenvalue weighted by Gasteiger charge is -2.37. The van der Waals surface area contributed by atoms with Crippen LogP contribution in [0.4, 0.5) is 11.4 Å². The Hall–Kier alpha value is -3.32. The second-order valence-electron chi connectivity index (χ2n) is 8.31.